The normalized spacial score (nSPS) is 11.5. The van der Waals surface area contributed by atoms with Crippen LogP contribution in [0.2, 0.25) is 0 Å². The van der Waals surface area contributed by atoms with E-state index in [4.69, 9.17) is 10.8 Å². The molecule has 0 radical (unpaired) electrons. The number of carbonyl (C=O) groups is 3. The molecule has 0 fully saturated rings. The van der Waals surface area contributed by atoms with E-state index in [1.54, 1.807) is 24.3 Å². The molecule has 1 unspecified atom stereocenters. The van der Waals surface area contributed by atoms with Gasteiger partial charge in [-0.3, -0.25) is 14.4 Å². The number of aliphatic hydroxyl groups is 1. The van der Waals surface area contributed by atoms with Crippen molar-refractivity contribution in [2.24, 2.45) is 5.73 Å². The molecule has 1 aromatic rings. The first-order chi connectivity index (χ1) is 9.40. The zero-order valence-electron chi connectivity index (χ0n) is 10.4. The molecule has 8 heteroatoms. The fourth-order valence-corrected chi connectivity index (χ4v) is 1.50. The van der Waals surface area contributed by atoms with Crippen molar-refractivity contribution in [3.05, 3.63) is 34.3 Å². The summed E-state index contributed by atoms with van der Waals surface area (Å²) in [6, 6.07) is 6.62. The van der Waals surface area contributed by atoms with Crippen LogP contribution in [0.4, 0.5) is 0 Å². The van der Waals surface area contributed by atoms with E-state index < -0.39 is 23.8 Å². The van der Waals surface area contributed by atoms with Gasteiger partial charge in [0.2, 0.25) is 11.8 Å². The molecule has 3 amide bonds. The Morgan fingerprint density at radius 2 is 1.80 bits per heavy atom. The Kier molecular flexibility index (Phi) is 6.13. The van der Waals surface area contributed by atoms with E-state index in [0.29, 0.717) is 5.56 Å². The first-order valence-corrected chi connectivity index (χ1v) is 6.47. The molecule has 1 aromatic carbocycles. The van der Waals surface area contributed by atoms with Crippen molar-refractivity contribution in [3.63, 3.8) is 0 Å². The summed E-state index contributed by atoms with van der Waals surface area (Å²) in [4.78, 5) is 33.6. The first-order valence-electron chi connectivity index (χ1n) is 5.68. The summed E-state index contributed by atoms with van der Waals surface area (Å²) in [5, 5.41) is 13.8. The van der Waals surface area contributed by atoms with Crippen molar-refractivity contribution in [1.29, 1.82) is 0 Å². The van der Waals surface area contributed by atoms with Crippen molar-refractivity contribution in [2.45, 2.75) is 6.10 Å². The molecule has 0 aliphatic carbocycles. The largest absolute Gasteiger partial charge is 0.381 e. The third-order valence-electron chi connectivity index (χ3n) is 2.34. The summed E-state index contributed by atoms with van der Waals surface area (Å²) in [7, 11) is 0. The van der Waals surface area contributed by atoms with Crippen LogP contribution in [-0.4, -0.2) is 42.0 Å². The maximum Gasteiger partial charge on any atom is 0.251 e. The Bertz CT molecular complexity index is 504. The van der Waals surface area contributed by atoms with Gasteiger partial charge < -0.3 is 21.5 Å². The van der Waals surface area contributed by atoms with E-state index in [-0.39, 0.29) is 13.1 Å². The molecule has 0 saturated carbocycles. The van der Waals surface area contributed by atoms with Crippen LogP contribution in [0.15, 0.2) is 28.7 Å². The summed E-state index contributed by atoms with van der Waals surface area (Å²) in [6.07, 6.45) is -1.44. The molecule has 0 heterocycles. The van der Waals surface area contributed by atoms with Gasteiger partial charge >= 0.3 is 0 Å². The van der Waals surface area contributed by atoms with Gasteiger partial charge in [0.05, 0.1) is 13.1 Å². The van der Waals surface area contributed by atoms with Gasteiger partial charge in [0.1, 0.15) is 6.10 Å². The van der Waals surface area contributed by atoms with Gasteiger partial charge in [-0.05, 0) is 24.3 Å². The fraction of sp³-hybridized carbons (Fsp3) is 0.250. The van der Waals surface area contributed by atoms with Crippen molar-refractivity contribution < 1.29 is 19.5 Å². The number of nitrogens with two attached hydrogens (primary N) is 1. The lowest BCUT2D eigenvalue weighted by Crippen LogP contribution is -2.43. The number of nitrogens with one attached hydrogen (secondary N) is 2. The molecule has 20 heavy (non-hydrogen) atoms. The highest BCUT2D eigenvalue weighted by atomic mass is 79.9. The van der Waals surface area contributed by atoms with Crippen molar-refractivity contribution in [3.8, 4) is 0 Å². The molecule has 0 aromatic heterocycles. The van der Waals surface area contributed by atoms with Gasteiger partial charge in [0.15, 0.2) is 0 Å². The monoisotopic (exact) mass is 343 g/mol. The number of hydrogen-bond acceptors (Lipinski definition) is 4. The molecule has 0 spiro atoms. The lowest BCUT2D eigenvalue weighted by Gasteiger charge is -2.09. The first kappa shape index (κ1) is 16.1. The third-order valence-corrected chi connectivity index (χ3v) is 2.87. The van der Waals surface area contributed by atoms with E-state index >= 15 is 0 Å². The molecular formula is C12H14BrN3O4. The highest BCUT2D eigenvalue weighted by Gasteiger charge is 2.13. The number of halogens is 1. The highest BCUT2D eigenvalue weighted by molar-refractivity contribution is 9.10. The summed E-state index contributed by atoms with van der Waals surface area (Å²) < 4.78 is 0.840. The molecular weight excluding hydrogens is 330 g/mol. The summed E-state index contributed by atoms with van der Waals surface area (Å²) >= 11 is 3.25. The average Bonchev–Trinajstić information content (AvgIpc) is 2.42. The minimum atomic E-state index is -1.44. The average molecular weight is 344 g/mol. The van der Waals surface area contributed by atoms with Crippen molar-refractivity contribution >= 4 is 33.7 Å². The molecule has 0 bridgehead atoms. The molecule has 0 saturated heterocycles. The standard InChI is InChI=1S/C12H14BrN3O4/c13-8-3-1-7(2-4-8)12(20)16-6-10(18)15-5-9(17)11(14)19/h1-4,9,17H,5-6H2,(H2,14,19)(H,15,18)(H,16,20). The Hall–Kier alpha value is -1.93. The fourth-order valence-electron chi connectivity index (χ4n) is 1.24. The lowest BCUT2D eigenvalue weighted by molar-refractivity contribution is -0.126. The van der Waals surface area contributed by atoms with E-state index in [0.717, 1.165) is 4.47 Å². The Labute approximate surface area is 123 Å². The summed E-state index contributed by atoms with van der Waals surface area (Å²) in [5.41, 5.74) is 5.23. The highest BCUT2D eigenvalue weighted by Crippen LogP contribution is 2.10. The molecule has 5 N–H and O–H groups in total. The smallest absolute Gasteiger partial charge is 0.251 e. The van der Waals surface area contributed by atoms with Crippen LogP contribution in [0.1, 0.15) is 10.4 Å². The predicted octanol–water partition coefficient (Wildman–Crippen LogP) is -0.859. The van der Waals surface area contributed by atoms with Crippen LogP contribution >= 0.6 is 15.9 Å². The van der Waals surface area contributed by atoms with Crippen LogP contribution in [0, 0.1) is 0 Å². The zero-order chi connectivity index (χ0) is 15.1. The van der Waals surface area contributed by atoms with E-state index in [9.17, 15) is 14.4 Å². The number of amides is 3. The number of hydrogen-bond donors (Lipinski definition) is 4. The van der Waals surface area contributed by atoms with Crippen LogP contribution in [0.3, 0.4) is 0 Å². The summed E-state index contributed by atoms with van der Waals surface area (Å²) in [5.74, 6) is -1.86. The van der Waals surface area contributed by atoms with Gasteiger partial charge in [-0.25, -0.2) is 0 Å². The second-order valence-electron chi connectivity index (χ2n) is 3.91. The van der Waals surface area contributed by atoms with Crippen LogP contribution in [-0.2, 0) is 9.59 Å². The maximum absolute atomic E-state index is 11.7. The van der Waals surface area contributed by atoms with Gasteiger partial charge in [-0.2, -0.15) is 0 Å². The number of primary amides is 1. The van der Waals surface area contributed by atoms with Crippen LogP contribution in [0.5, 0.6) is 0 Å². The minimum Gasteiger partial charge on any atom is -0.381 e. The molecule has 1 atom stereocenters. The molecule has 1 rings (SSSR count). The van der Waals surface area contributed by atoms with Crippen molar-refractivity contribution in [2.75, 3.05) is 13.1 Å². The minimum absolute atomic E-state index is 0.264. The van der Waals surface area contributed by atoms with E-state index in [1.165, 1.54) is 0 Å². The quantitative estimate of drug-likeness (QED) is 0.537. The second-order valence-corrected chi connectivity index (χ2v) is 4.83. The maximum atomic E-state index is 11.7. The number of rotatable bonds is 6. The van der Waals surface area contributed by atoms with Crippen LogP contribution in [0.25, 0.3) is 0 Å². The van der Waals surface area contributed by atoms with E-state index in [1.807, 2.05) is 0 Å². The predicted molar refractivity (Wildman–Crippen MR) is 74.7 cm³/mol. The molecule has 0 aliphatic rings. The number of benzene rings is 1. The van der Waals surface area contributed by atoms with Gasteiger partial charge in [-0.15, -0.1) is 0 Å². The van der Waals surface area contributed by atoms with Gasteiger partial charge in [-0.1, -0.05) is 15.9 Å². The second kappa shape index (κ2) is 7.61. The SMILES string of the molecule is NC(=O)C(O)CNC(=O)CNC(=O)c1ccc(Br)cc1. The topological polar surface area (TPSA) is 122 Å². The number of aliphatic hydroxyl groups excluding tert-OH is 1. The van der Waals surface area contributed by atoms with Gasteiger partial charge in [0, 0.05) is 10.0 Å². The molecule has 7 nitrogen and oxygen atoms in total. The Morgan fingerprint density at radius 1 is 1.20 bits per heavy atom. The number of carbonyl (C=O) groups excluding carboxylic acids is 3. The molecule has 0 aliphatic heterocycles. The Balaban J connectivity index is 2.35. The van der Waals surface area contributed by atoms with Crippen molar-refractivity contribution in [1.82, 2.24) is 10.6 Å². The lowest BCUT2D eigenvalue weighted by atomic mass is 10.2. The van der Waals surface area contributed by atoms with E-state index in [2.05, 4.69) is 26.6 Å². The third kappa shape index (κ3) is 5.37. The van der Waals surface area contributed by atoms with Crippen LogP contribution < -0.4 is 16.4 Å². The molecule has 108 valence electrons. The Morgan fingerprint density at radius 3 is 2.35 bits per heavy atom. The van der Waals surface area contributed by atoms with Gasteiger partial charge in [0.25, 0.3) is 5.91 Å². The zero-order valence-corrected chi connectivity index (χ0v) is 12.0. The summed E-state index contributed by atoms with van der Waals surface area (Å²) in [6.45, 7) is -0.553.